The Morgan fingerprint density at radius 3 is 2.59 bits per heavy atom. The number of carbonyl (C=O) groups excluding carboxylic acids is 1. The molecule has 0 amide bonds. The fraction of sp³-hybridized carbons (Fsp3) is 0.667. The monoisotopic (exact) mass is 257 g/mol. The number of alkyl halides is 3. The van der Waals surface area contributed by atoms with Gasteiger partial charge < -0.3 is 15.2 Å². The fourth-order valence-electron chi connectivity index (χ4n) is 1.35. The Bertz CT molecular complexity index is 319. The van der Waals surface area contributed by atoms with E-state index in [1.807, 2.05) is 0 Å². The number of aliphatic hydroxyl groups excluding tert-OH is 1. The summed E-state index contributed by atoms with van der Waals surface area (Å²) in [5, 5.41) is 11.8. The standard InChI is InChI=1S/C9H11F4NO3/c10-6(5-2-1-3-14-4-5)7(15)17-8(16)9(11,12)13/h7,14-15H,1-4H2/b6-5+. The molecule has 17 heavy (non-hydrogen) atoms. The summed E-state index contributed by atoms with van der Waals surface area (Å²) in [4.78, 5) is 10.4. The van der Waals surface area contributed by atoms with E-state index in [1.165, 1.54) is 0 Å². The molecule has 0 saturated carbocycles. The van der Waals surface area contributed by atoms with Crippen molar-refractivity contribution in [2.45, 2.75) is 25.3 Å². The van der Waals surface area contributed by atoms with Crippen LogP contribution in [0, 0.1) is 0 Å². The van der Waals surface area contributed by atoms with E-state index in [1.54, 1.807) is 0 Å². The van der Waals surface area contributed by atoms with Crippen molar-refractivity contribution < 1.29 is 32.2 Å². The molecular weight excluding hydrogens is 246 g/mol. The molecule has 1 rings (SSSR count). The highest BCUT2D eigenvalue weighted by molar-refractivity contribution is 5.75. The van der Waals surface area contributed by atoms with E-state index in [4.69, 9.17) is 5.11 Å². The molecule has 1 atom stereocenters. The van der Waals surface area contributed by atoms with Crippen LogP contribution in [0.3, 0.4) is 0 Å². The van der Waals surface area contributed by atoms with E-state index in [9.17, 15) is 22.4 Å². The number of piperidine rings is 1. The van der Waals surface area contributed by atoms with Crippen molar-refractivity contribution in [3.63, 3.8) is 0 Å². The normalized spacial score (nSPS) is 21.9. The van der Waals surface area contributed by atoms with Crippen LogP contribution in [0.5, 0.6) is 0 Å². The molecule has 8 heteroatoms. The summed E-state index contributed by atoms with van der Waals surface area (Å²) in [6, 6.07) is 0. The van der Waals surface area contributed by atoms with Crippen molar-refractivity contribution in [2.75, 3.05) is 13.1 Å². The second-order valence-electron chi connectivity index (χ2n) is 3.49. The Kier molecular flexibility index (Phi) is 4.47. The number of hydrogen-bond donors (Lipinski definition) is 2. The summed E-state index contributed by atoms with van der Waals surface area (Å²) in [6.07, 6.45) is -6.85. The zero-order chi connectivity index (χ0) is 13.1. The van der Waals surface area contributed by atoms with Gasteiger partial charge in [-0.1, -0.05) is 0 Å². The van der Waals surface area contributed by atoms with Gasteiger partial charge in [0.15, 0.2) is 5.83 Å². The highest BCUT2D eigenvalue weighted by atomic mass is 19.4. The molecule has 0 bridgehead atoms. The van der Waals surface area contributed by atoms with Gasteiger partial charge in [-0.05, 0) is 25.0 Å². The molecule has 1 aliphatic heterocycles. The Morgan fingerprint density at radius 2 is 2.12 bits per heavy atom. The molecule has 1 fully saturated rings. The molecule has 2 N–H and O–H groups in total. The summed E-state index contributed by atoms with van der Waals surface area (Å²) >= 11 is 0. The Morgan fingerprint density at radius 1 is 1.47 bits per heavy atom. The molecule has 0 aromatic heterocycles. The van der Waals surface area contributed by atoms with E-state index in [-0.39, 0.29) is 12.1 Å². The molecule has 1 unspecified atom stereocenters. The SMILES string of the molecule is O=C(OC(O)/C(F)=C1/CCCNC1)C(F)(F)F. The second kappa shape index (κ2) is 5.46. The third kappa shape index (κ3) is 3.97. The van der Waals surface area contributed by atoms with Crippen molar-refractivity contribution in [1.29, 1.82) is 0 Å². The highest BCUT2D eigenvalue weighted by Crippen LogP contribution is 2.22. The van der Waals surface area contributed by atoms with Gasteiger partial charge in [-0.2, -0.15) is 13.2 Å². The van der Waals surface area contributed by atoms with Gasteiger partial charge in [-0.25, -0.2) is 9.18 Å². The maximum Gasteiger partial charge on any atom is 0.491 e. The van der Waals surface area contributed by atoms with Crippen molar-refractivity contribution in [3.05, 3.63) is 11.4 Å². The van der Waals surface area contributed by atoms with Gasteiger partial charge in [0.25, 0.3) is 6.29 Å². The number of halogens is 4. The Labute approximate surface area is 94.2 Å². The third-order valence-electron chi connectivity index (χ3n) is 2.18. The lowest BCUT2D eigenvalue weighted by molar-refractivity contribution is -0.216. The van der Waals surface area contributed by atoms with E-state index in [2.05, 4.69) is 10.1 Å². The highest BCUT2D eigenvalue weighted by Gasteiger charge is 2.42. The minimum atomic E-state index is -5.25. The van der Waals surface area contributed by atoms with Gasteiger partial charge in [0.1, 0.15) is 0 Å². The summed E-state index contributed by atoms with van der Waals surface area (Å²) in [6.45, 7) is 0.779. The predicted molar refractivity (Wildman–Crippen MR) is 48.4 cm³/mol. The topological polar surface area (TPSA) is 58.6 Å². The van der Waals surface area contributed by atoms with Crippen LogP contribution in [-0.4, -0.2) is 36.6 Å². The van der Waals surface area contributed by atoms with E-state index < -0.39 is 24.3 Å². The zero-order valence-corrected chi connectivity index (χ0v) is 8.68. The lowest BCUT2D eigenvalue weighted by atomic mass is 10.1. The molecular formula is C9H11F4NO3. The quantitative estimate of drug-likeness (QED) is 0.440. The minimum Gasteiger partial charge on any atom is -0.422 e. The van der Waals surface area contributed by atoms with Crippen LogP contribution in [0.1, 0.15) is 12.8 Å². The summed E-state index contributed by atoms with van der Waals surface area (Å²) in [5.41, 5.74) is 0.110. The number of hydrogen-bond acceptors (Lipinski definition) is 4. The maximum atomic E-state index is 13.4. The number of ether oxygens (including phenoxy) is 1. The van der Waals surface area contributed by atoms with Gasteiger partial charge in [0, 0.05) is 6.54 Å². The van der Waals surface area contributed by atoms with Crippen LogP contribution in [0.2, 0.25) is 0 Å². The molecule has 0 spiro atoms. The van der Waals surface area contributed by atoms with E-state index in [0.717, 1.165) is 0 Å². The molecule has 1 aliphatic rings. The van der Waals surface area contributed by atoms with Gasteiger partial charge >= 0.3 is 12.1 Å². The van der Waals surface area contributed by atoms with Crippen molar-refractivity contribution in [1.82, 2.24) is 5.32 Å². The van der Waals surface area contributed by atoms with Crippen LogP contribution in [0.15, 0.2) is 11.4 Å². The van der Waals surface area contributed by atoms with Gasteiger partial charge in [-0.15, -0.1) is 0 Å². The number of rotatable bonds is 2. The zero-order valence-electron chi connectivity index (χ0n) is 8.68. The van der Waals surface area contributed by atoms with Gasteiger partial charge in [0.2, 0.25) is 0 Å². The minimum absolute atomic E-state index is 0.110. The van der Waals surface area contributed by atoms with Crippen LogP contribution in [0.25, 0.3) is 0 Å². The summed E-state index contributed by atoms with van der Waals surface area (Å²) < 4.78 is 52.3. The molecule has 98 valence electrons. The first-order chi connectivity index (χ1) is 7.82. The predicted octanol–water partition coefficient (Wildman–Crippen LogP) is 1.02. The van der Waals surface area contributed by atoms with Crippen molar-refractivity contribution in [3.8, 4) is 0 Å². The average molecular weight is 257 g/mol. The van der Waals surface area contributed by atoms with Gasteiger partial charge in [0.05, 0.1) is 0 Å². The summed E-state index contributed by atoms with van der Waals surface area (Å²) in [5.74, 6) is -3.86. The smallest absolute Gasteiger partial charge is 0.422 e. The molecule has 0 aliphatic carbocycles. The van der Waals surface area contributed by atoms with Crippen LogP contribution >= 0.6 is 0 Å². The number of esters is 1. The molecule has 0 aromatic rings. The fourth-order valence-corrected chi connectivity index (χ4v) is 1.35. The molecule has 4 nitrogen and oxygen atoms in total. The first kappa shape index (κ1) is 13.9. The second-order valence-corrected chi connectivity index (χ2v) is 3.49. The lowest BCUT2D eigenvalue weighted by Crippen LogP contribution is -2.32. The molecule has 0 radical (unpaired) electrons. The van der Waals surface area contributed by atoms with E-state index >= 15 is 0 Å². The Balaban J connectivity index is 2.63. The first-order valence-corrected chi connectivity index (χ1v) is 4.86. The van der Waals surface area contributed by atoms with Crippen LogP contribution < -0.4 is 5.32 Å². The molecule has 1 saturated heterocycles. The molecule has 0 aromatic carbocycles. The lowest BCUT2D eigenvalue weighted by Gasteiger charge is -2.19. The van der Waals surface area contributed by atoms with Gasteiger partial charge in [-0.3, -0.25) is 0 Å². The number of carbonyl (C=O) groups is 1. The van der Waals surface area contributed by atoms with Crippen molar-refractivity contribution >= 4 is 5.97 Å². The largest absolute Gasteiger partial charge is 0.491 e. The maximum absolute atomic E-state index is 13.4. The average Bonchev–Trinajstić information content (AvgIpc) is 2.27. The third-order valence-corrected chi connectivity index (χ3v) is 2.18. The molecule has 1 heterocycles. The Hall–Kier alpha value is -1.15. The number of aliphatic hydroxyl groups is 1. The van der Waals surface area contributed by atoms with Crippen LogP contribution in [0.4, 0.5) is 17.6 Å². The summed E-state index contributed by atoms with van der Waals surface area (Å²) in [7, 11) is 0. The first-order valence-electron chi connectivity index (χ1n) is 4.86. The number of nitrogens with one attached hydrogen (secondary N) is 1. The van der Waals surface area contributed by atoms with Crippen LogP contribution in [-0.2, 0) is 9.53 Å². The van der Waals surface area contributed by atoms with Crippen molar-refractivity contribution in [2.24, 2.45) is 0 Å². The van der Waals surface area contributed by atoms with E-state index in [0.29, 0.717) is 19.4 Å².